The zero-order valence-corrected chi connectivity index (χ0v) is 14.9. The molecule has 0 spiro atoms. The Morgan fingerprint density at radius 3 is 2.61 bits per heavy atom. The highest BCUT2D eigenvalue weighted by Crippen LogP contribution is 2.09. The van der Waals surface area contributed by atoms with Gasteiger partial charge in [-0.05, 0) is 19.4 Å². The second-order valence-electron chi connectivity index (χ2n) is 4.44. The third-order valence-electron chi connectivity index (χ3n) is 2.86. The normalized spacial score (nSPS) is 13.2. The Labute approximate surface area is 140 Å². The van der Waals surface area contributed by atoms with Crippen LogP contribution in [0, 0.1) is 0 Å². The molecule has 6 heteroatoms. The average Bonchev–Trinajstić information content (AvgIpc) is 2.81. The van der Waals surface area contributed by atoms with Gasteiger partial charge in [0.05, 0.1) is 19.8 Å². The molecule has 1 aliphatic heterocycles. The molecule has 2 amide bonds. The number of nitrogens with zero attached hydrogens (tertiary/aromatic N) is 1. The summed E-state index contributed by atoms with van der Waals surface area (Å²) in [5, 5.41) is 5.42. The molecule has 0 aromatic carbocycles. The molecule has 0 unspecified atom stereocenters. The Morgan fingerprint density at radius 1 is 1.17 bits per heavy atom. The van der Waals surface area contributed by atoms with E-state index in [1.807, 2.05) is 39.1 Å². The monoisotopic (exact) mass is 325 g/mol. The molecule has 2 N–H and O–H groups in total. The van der Waals surface area contributed by atoms with E-state index in [4.69, 9.17) is 9.47 Å². The largest absolute Gasteiger partial charge is 0.379 e. The molecule has 0 saturated carbocycles. The summed E-state index contributed by atoms with van der Waals surface area (Å²) in [7, 11) is 0. The number of hydrogen-bond acceptors (Lipinski definition) is 4. The Morgan fingerprint density at radius 2 is 1.91 bits per heavy atom. The smallest absolute Gasteiger partial charge is 0.320 e. The highest BCUT2D eigenvalue weighted by molar-refractivity contribution is 5.76. The minimum Gasteiger partial charge on any atom is -0.379 e. The molecule has 0 radical (unpaired) electrons. The van der Waals surface area contributed by atoms with Crippen molar-refractivity contribution in [1.29, 1.82) is 0 Å². The van der Waals surface area contributed by atoms with Gasteiger partial charge in [-0.1, -0.05) is 32.4 Å². The van der Waals surface area contributed by atoms with E-state index in [2.05, 4.69) is 22.5 Å². The van der Waals surface area contributed by atoms with E-state index in [9.17, 15) is 4.79 Å². The van der Waals surface area contributed by atoms with Gasteiger partial charge < -0.3 is 14.8 Å². The van der Waals surface area contributed by atoms with E-state index in [0.717, 1.165) is 12.8 Å². The first-order chi connectivity index (χ1) is 11.3. The van der Waals surface area contributed by atoms with Crippen LogP contribution in [0.25, 0.3) is 0 Å². The van der Waals surface area contributed by atoms with Crippen LogP contribution in [0.4, 0.5) is 4.79 Å². The fourth-order valence-electron chi connectivity index (χ4n) is 1.67. The number of carbonyl (C=O) groups excluding carboxylic acids is 1. The SMILES string of the molecule is CC.CCOCCOCCNC(=O)NC1=CC=C(CC)CC=N1. The molecular formula is C17H31N3O3. The van der Waals surface area contributed by atoms with Crippen LogP contribution >= 0.6 is 0 Å². The highest BCUT2D eigenvalue weighted by Gasteiger charge is 2.04. The van der Waals surface area contributed by atoms with Crippen molar-refractivity contribution >= 4 is 12.2 Å². The first kappa shape index (κ1) is 21.3. The fraction of sp³-hybridized carbons (Fsp3) is 0.647. The summed E-state index contributed by atoms with van der Waals surface area (Å²) in [5.74, 6) is 0.549. The van der Waals surface area contributed by atoms with Crippen LogP contribution in [0.3, 0.4) is 0 Å². The first-order valence-electron chi connectivity index (χ1n) is 8.38. The van der Waals surface area contributed by atoms with Gasteiger partial charge >= 0.3 is 6.03 Å². The maximum atomic E-state index is 11.7. The molecule has 23 heavy (non-hydrogen) atoms. The van der Waals surface area contributed by atoms with Crippen LogP contribution in [0.5, 0.6) is 0 Å². The van der Waals surface area contributed by atoms with E-state index < -0.39 is 0 Å². The van der Waals surface area contributed by atoms with Gasteiger partial charge in [0.15, 0.2) is 0 Å². The van der Waals surface area contributed by atoms with E-state index >= 15 is 0 Å². The number of carbonyl (C=O) groups is 1. The Kier molecular flexibility index (Phi) is 14.1. The van der Waals surface area contributed by atoms with E-state index in [-0.39, 0.29) is 6.03 Å². The second kappa shape index (κ2) is 15.2. The van der Waals surface area contributed by atoms with Crippen molar-refractivity contribution in [2.24, 2.45) is 4.99 Å². The third-order valence-corrected chi connectivity index (χ3v) is 2.86. The summed E-state index contributed by atoms with van der Waals surface area (Å²) in [6, 6.07) is -0.278. The van der Waals surface area contributed by atoms with Crippen molar-refractivity contribution in [3.8, 4) is 0 Å². The lowest BCUT2D eigenvalue weighted by Crippen LogP contribution is -2.36. The van der Waals surface area contributed by atoms with Crippen LogP contribution < -0.4 is 10.6 Å². The lowest BCUT2D eigenvalue weighted by molar-refractivity contribution is 0.0546. The van der Waals surface area contributed by atoms with Crippen molar-refractivity contribution < 1.29 is 14.3 Å². The van der Waals surface area contributed by atoms with Crippen LogP contribution in [-0.4, -0.2) is 45.2 Å². The standard InChI is InChI=1S/C15H25N3O3.C2H6/c1-3-13-5-6-14(16-8-7-13)18-15(19)17-9-10-21-12-11-20-4-2;1-2/h5-6,8H,3-4,7,9-12H2,1-2H3,(H2,17,18,19);1-2H3. The number of ether oxygens (including phenoxy) is 2. The molecule has 132 valence electrons. The van der Waals surface area contributed by atoms with Gasteiger partial charge in [-0.2, -0.15) is 0 Å². The fourth-order valence-corrected chi connectivity index (χ4v) is 1.67. The molecule has 0 aliphatic carbocycles. The Bertz CT molecular complexity index is 404. The van der Waals surface area contributed by atoms with Gasteiger partial charge in [-0.3, -0.25) is 5.32 Å². The maximum absolute atomic E-state index is 11.7. The molecule has 0 atom stereocenters. The summed E-state index contributed by atoms with van der Waals surface area (Å²) in [5.41, 5.74) is 1.29. The molecule has 1 heterocycles. The van der Waals surface area contributed by atoms with Crippen molar-refractivity contribution in [3.63, 3.8) is 0 Å². The molecule has 0 saturated heterocycles. The number of nitrogens with one attached hydrogen (secondary N) is 2. The minimum atomic E-state index is -0.278. The highest BCUT2D eigenvalue weighted by atomic mass is 16.5. The van der Waals surface area contributed by atoms with Gasteiger partial charge in [0.2, 0.25) is 0 Å². The van der Waals surface area contributed by atoms with E-state index in [0.29, 0.717) is 38.8 Å². The number of urea groups is 1. The number of aliphatic imine (C=N–C) groups is 1. The topological polar surface area (TPSA) is 72.0 Å². The van der Waals surface area contributed by atoms with Crippen molar-refractivity contribution in [1.82, 2.24) is 10.6 Å². The van der Waals surface area contributed by atoms with Crippen molar-refractivity contribution in [2.45, 2.75) is 40.5 Å². The second-order valence-corrected chi connectivity index (χ2v) is 4.44. The first-order valence-corrected chi connectivity index (χ1v) is 8.38. The summed E-state index contributed by atoms with van der Waals surface area (Å²) in [4.78, 5) is 15.9. The third kappa shape index (κ3) is 11.5. The maximum Gasteiger partial charge on any atom is 0.320 e. The zero-order chi connectivity index (χ0) is 17.3. The summed E-state index contributed by atoms with van der Waals surface area (Å²) in [6.45, 7) is 10.8. The number of hydrogen-bond donors (Lipinski definition) is 2. The predicted octanol–water partition coefficient (Wildman–Crippen LogP) is 3.02. The molecule has 0 fully saturated rings. The van der Waals surface area contributed by atoms with Gasteiger partial charge in [-0.15, -0.1) is 0 Å². The van der Waals surface area contributed by atoms with Crippen LogP contribution in [0.1, 0.15) is 40.5 Å². The number of allylic oxidation sites excluding steroid dienone is 3. The van der Waals surface area contributed by atoms with Gasteiger partial charge in [0.1, 0.15) is 5.82 Å². The van der Waals surface area contributed by atoms with Crippen molar-refractivity contribution in [3.05, 3.63) is 23.5 Å². The average molecular weight is 325 g/mol. The quantitative estimate of drug-likeness (QED) is 0.640. The molecule has 0 aromatic heterocycles. The summed E-state index contributed by atoms with van der Waals surface area (Å²) in [6.07, 6.45) is 7.44. The molecule has 1 rings (SSSR count). The van der Waals surface area contributed by atoms with Gasteiger partial charge in [0, 0.05) is 25.8 Å². The lowest BCUT2D eigenvalue weighted by atomic mass is 10.1. The van der Waals surface area contributed by atoms with Crippen LogP contribution in [-0.2, 0) is 9.47 Å². The summed E-state index contributed by atoms with van der Waals surface area (Å²) < 4.78 is 10.4. The number of amides is 2. The van der Waals surface area contributed by atoms with Crippen LogP contribution in [0.2, 0.25) is 0 Å². The molecule has 0 aromatic rings. The lowest BCUT2D eigenvalue weighted by Gasteiger charge is -2.08. The molecule has 6 nitrogen and oxygen atoms in total. The predicted molar refractivity (Wildman–Crippen MR) is 94.8 cm³/mol. The Hall–Kier alpha value is -1.66. The Balaban J connectivity index is 0.00000232. The zero-order valence-electron chi connectivity index (χ0n) is 14.9. The van der Waals surface area contributed by atoms with Gasteiger partial charge in [0.25, 0.3) is 0 Å². The van der Waals surface area contributed by atoms with E-state index in [1.54, 1.807) is 0 Å². The van der Waals surface area contributed by atoms with Gasteiger partial charge in [-0.25, -0.2) is 9.79 Å². The van der Waals surface area contributed by atoms with Crippen molar-refractivity contribution in [2.75, 3.05) is 33.0 Å². The van der Waals surface area contributed by atoms with E-state index in [1.165, 1.54) is 5.57 Å². The molecule has 0 bridgehead atoms. The number of rotatable bonds is 9. The molecular weight excluding hydrogens is 294 g/mol. The molecule has 1 aliphatic rings. The summed E-state index contributed by atoms with van der Waals surface area (Å²) >= 11 is 0. The minimum absolute atomic E-state index is 0.278. The van der Waals surface area contributed by atoms with Crippen LogP contribution in [0.15, 0.2) is 28.5 Å².